The minimum absolute atomic E-state index is 0.153. The molecule has 0 saturated heterocycles. The first-order chi connectivity index (χ1) is 28.3. The average molecular weight is 744 g/mol. The Kier molecular flexibility index (Phi) is 6.78. The van der Waals surface area contributed by atoms with Gasteiger partial charge in [-0.3, -0.25) is 0 Å². The standard InChI is InChI=1S/C56H41NO/c1-55(2)46-21-10-7-16-40(46)42-28-25-35(32-48(42)55)57(36-26-29-43-41-17-8-11-22-47(41)56(3,4)49(43)33-36)50-30-31-52-54(45-18-9-12-23-51(45)58-52)53(50)44-20-13-19-38-37-15-6-5-14-34(37)24-27-39(38)44/h5-33H,1-4H3. The van der Waals surface area contributed by atoms with Gasteiger partial charge in [0.2, 0.25) is 0 Å². The van der Waals surface area contributed by atoms with Crippen molar-refractivity contribution in [2.75, 3.05) is 4.90 Å². The van der Waals surface area contributed by atoms with Gasteiger partial charge in [-0.1, -0.05) is 161 Å². The summed E-state index contributed by atoms with van der Waals surface area (Å²) in [7, 11) is 0. The van der Waals surface area contributed by atoms with Crippen LogP contribution in [-0.2, 0) is 10.8 Å². The van der Waals surface area contributed by atoms with Crippen molar-refractivity contribution < 1.29 is 4.42 Å². The summed E-state index contributed by atoms with van der Waals surface area (Å²) < 4.78 is 6.67. The highest BCUT2D eigenvalue weighted by Crippen LogP contribution is 2.55. The highest BCUT2D eigenvalue weighted by Gasteiger charge is 2.38. The van der Waals surface area contributed by atoms with E-state index in [1.807, 2.05) is 0 Å². The van der Waals surface area contributed by atoms with Gasteiger partial charge in [0, 0.05) is 38.5 Å². The lowest BCUT2D eigenvalue weighted by molar-refractivity contribution is 0.660. The van der Waals surface area contributed by atoms with E-state index in [0.29, 0.717) is 0 Å². The minimum atomic E-state index is -0.153. The number of hydrogen-bond acceptors (Lipinski definition) is 2. The van der Waals surface area contributed by atoms with Gasteiger partial charge < -0.3 is 9.32 Å². The SMILES string of the molecule is CC1(C)c2ccccc2-c2ccc(N(c3ccc4c(c3)C(C)(C)c3ccccc3-4)c3ccc4oc5ccccc5c4c3-c3cccc4c3ccc3ccccc34)cc21. The Balaban J connectivity index is 1.19. The maximum Gasteiger partial charge on any atom is 0.136 e. The Hall–Kier alpha value is -6.90. The van der Waals surface area contributed by atoms with Gasteiger partial charge in [0.15, 0.2) is 0 Å². The molecule has 0 radical (unpaired) electrons. The van der Waals surface area contributed by atoms with E-state index in [1.54, 1.807) is 0 Å². The average Bonchev–Trinajstić information content (AvgIpc) is 3.83. The van der Waals surface area contributed by atoms with E-state index in [0.717, 1.165) is 44.6 Å². The Labute approximate surface area is 338 Å². The van der Waals surface area contributed by atoms with Crippen LogP contribution < -0.4 is 4.90 Å². The number of rotatable bonds is 4. The number of para-hydroxylation sites is 1. The normalized spacial score (nSPS) is 14.5. The van der Waals surface area contributed by atoms with Crippen LogP contribution >= 0.6 is 0 Å². The fourth-order valence-electron chi connectivity index (χ4n) is 10.6. The molecule has 0 bridgehead atoms. The third-order valence-corrected chi connectivity index (χ3v) is 13.5. The van der Waals surface area contributed by atoms with Gasteiger partial charge in [0.1, 0.15) is 11.2 Å². The Bertz CT molecular complexity index is 3250. The second kappa shape index (κ2) is 11.8. The summed E-state index contributed by atoms with van der Waals surface area (Å²) in [5.41, 5.74) is 17.9. The molecule has 0 spiro atoms. The molecule has 0 saturated carbocycles. The smallest absolute Gasteiger partial charge is 0.136 e. The molecule has 2 heteroatoms. The largest absolute Gasteiger partial charge is 0.456 e. The Morgan fingerprint density at radius 2 is 0.931 bits per heavy atom. The van der Waals surface area contributed by atoms with Gasteiger partial charge in [-0.15, -0.1) is 0 Å². The molecule has 58 heavy (non-hydrogen) atoms. The zero-order chi connectivity index (χ0) is 38.9. The van der Waals surface area contributed by atoms with Crippen molar-refractivity contribution in [1.82, 2.24) is 0 Å². The predicted octanol–water partition coefficient (Wildman–Crippen LogP) is 15.6. The van der Waals surface area contributed by atoms with Crippen LogP contribution in [0.15, 0.2) is 180 Å². The molecule has 0 amide bonds. The molecule has 0 atom stereocenters. The second-order valence-electron chi connectivity index (χ2n) is 17.3. The molecule has 1 heterocycles. The van der Waals surface area contributed by atoms with E-state index >= 15 is 0 Å². The van der Waals surface area contributed by atoms with Crippen LogP contribution in [0.3, 0.4) is 0 Å². The molecule has 2 aliphatic rings. The molecular weight excluding hydrogens is 703 g/mol. The monoisotopic (exact) mass is 743 g/mol. The fourth-order valence-corrected chi connectivity index (χ4v) is 10.6. The number of furan rings is 1. The van der Waals surface area contributed by atoms with E-state index in [2.05, 4.69) is 209 Å². The van der Waals surface area contributed by atoms with Crippen molar-refractivity contribution in [3.63, 3.8) is 0 Å². The molecule has 10 aromatic rings. The van der Waals surface area contributed by atoms with Gasteiger partial charge in [-0.25, -0.2) is 0 Å². The van der Waals surface area contributed by atoms with Crippen LogP contribution in [0.2, 0.25) is 0 Å². The van der Waals surface area contributed by atoms with Crippen molar-refractivity contribution in [3.05, 3.63) is 198 Å². The molecule has 9 aromatic carbocycles. The maximum atomic E-state index is 6.67. The quantitative estimate of drug-likeness (QED) is 0.167. The van der Waals surface area contributed by atoms with E-state index in [9.17, 15) is 0 Å². The number of fused-ring (bicyclic) bond motifs is 12. The molecule has 12 rings (SSSR count). The van der Waals surface area contributed by atoms with E-state index in [1.165, 1.54) is 71.6 Å². The van der Waals surface area contributed by atoms with Crippen molar-refractivity contribution >= 4 is 60.5 Å². The Morgan fingerprint density at radius 3 is 1.62 bits per heavy atom. The molecule has 0 unspecified atom stereocenters. The molecule has 2 nitrogen and oxygen atoms in total. The molecule has 276 valence electrons. The first kappa shape index (κ1) is 33.3. The van der Waals surface area contributed by atoms with Gasteiger partial charge in [-0.2, -0.15) is 0 Å². The van der Waals surface area contributed by atoms with Crippen molar-refractivity contribution in [3.8, 4) is 33.4 Å². The van der Waals surface area contributed by atoms with Crippen LogP contribution in [0, 0.1) is 0 Å². The molecule has 2 aliphatic carbocycles. The first-order valence-corrected chi connectivity index (χ1v) is 20.4. The van der Waals surface area contributed by atoms with E-state index in [4.69, 9.17) is 4.42 Å². The van der Waals surface area contributed by atoms with E-state index < -0.39 is 0 Å². The van der Waals surface area contributed by atoms with Gasteiger partial charge in [0.25, 0.3) is 0 Å². The first-order valence-electron chi connectivity index (χ1n) is 20.4. The summed E-state index contributed by atoms with van der Waals surface area (Å²) in [5.74, 6) is 0. The number of anilines is 3. The lowest BCUT2D eigenvalue weighted by Gasteiger charge is -2.31. The zero-order valence-electron chi connectivity index (χ0n) is 33.1. The third kappa shape index (κ3) is 4.49. The van der Waals surface area contributed by atoms with Gasteiger partial charge >= 0.3 is 0 Å². The summed E-state index contributed by atoms with van der Waals surface area (Å²) in [5, 5.41) is 7.20. The van der Waals surface area contributed by atoms with Crippen LogP contribution in [0.4, 0.5) is 17.1 Å². The van der Waals surface area contributed by atoms with Crippen molar-refractivity contribution in [1.29, 1.82) is 0 Å². The number of hydrogen-bond donors (Lipinski definition) is 0. The molecule has 0 fully saturated rings. The number of benzene rings is 9. The summed E-state index contributed by atoms with van der Waals surface area (Å²) in [6.07, 6.45) is 0. The van der Waals surface area contributed by atoms with Crippen LogP contribution in [0.1, 0.15) is 49.9 Å². The van der Waals surface area contributed by atoms with Gasteiger partial charge in [0.05, 0.1) is 5.69 Å². The van der Waals surface area contributed by atoms with Crippen molar-refractivity contribution in [2.45, 2.75) is 38.5 Å². The molecular formula is C56H41NO. The number of nitrogens with zero attached hydrogens (tertiary/aromatic N) is 1. The molecule has 0 aliphatic heterocycles. The van der Waals surface area contributed by atoms with Gasteiger partial charge in [-0.05, 0) is 114 Å². The second-order valence-corrected chi connectivity index (χ2v) is 17.3. The maximum absolute atomic E-state index is 6.67. The predicted molar refractivity (Wildman–Crippen MR) is 244 cm³/mol. The minimum Gasteiger partial charge on any atom is -0.456 e. The lowest BCUT2D eigenvalue weighted by Crippen LogP contribution is -2.18. The molecule has 0 N–H and O–H groups in total. The van der Waals surface area contributed by atoms with Crippen LogP contribution in [0.5, 0.6) is 0 Å². The summed E-state index contributed by atoms with van der Waals surface area (Å²) in [6.45, 7) is 9.49. The van der Waals surface area contributed by atoms with Crippen LogP contribution in [-0.4, -0.2) is 0 Å². The highest BCUT2D eigenvalue weighted by atomic mass is 16.3. The Morgan fingerprint density at radius 1 is 0.379 bits per heavy atom. The van der Waals surface area contributed by atoms with Crippen molar-refractivity contribution in [2.24, 2.45) is 0 Å². The lowest BCUT2D eigenvalue weighted by atomic mass is 9.82. The van der Waals surface area contributed by atoms with E-state index in [-0.39, 0.29) is 10.8 Å². The zero-order valence-corrected chi connectivity index (χ0v) is 33.1. The highest BCUT2D eigenvalue weighted by molar-refractivity contribution is 6.21. The molecule has 1 aromatic heterocycles. The topological polar surface area (TPSA) is 16.4 Å². The summed E-state index contributed by atoms with van der Waals surface area (Å²) in [4.78, 5) is 2.52. The van der Waals surface area contributed by atoms with Crippen LogP contribution in [0.25, 0.3) is 76.9 Å². The summed E-state index contributed by atoms with van der Waals surface area (Å²) >= 11 is 0. The fraction of sp³-hybridized carbons (Fsp3) is 0.107. The summed E-state index contributed by atoms with van der Waals surface area (Å²) in [6, 6.07) is 65.2. The third-order valence-electron chi connectivity index (χ3n) is 13.5.